The summed E-state index contributed by atoms with van der Waals surface area (Å²) in [5.74, 6) is -0.177. The van der Waals surface area contributed by atoms with Gasteiger partial charge in [0.05, 0.1) is 18.8 Å². The maximum Gasteiger partial charge on any atom is 0.176 e. The first kappa shape index (κ1) is 18.0. The highest BCUT2D eigenvalue weighted by Crippen LogP contribution is 2.29. The first-order chi connectivity index (χ1) is 10.3. The van der Waals surface area contributed by atoms with Gasteiger partial charge >= 0.3 is 0 Å². The molecule has 130 valence electrons. The molecule has 2 fully saturated rings. The fraction of sp³-hybridized carbons (Fsp3) is 1.00. The number of ether oxygens (including phenoxy) is 2. The van der Waals surface area contributed by atoms with Crippen LogP contribution < -0.4 is 11.5 Å². The lowest BCUT2D eigenvalue weighted by molar-refractivity contribution is -0.295. The first-order valence-electron chi connectivity index (χ1n) is 7.43. The van der Waals surface area contributed by atoms with E-state index in [0.717, 1.165) is 0 Å². The number of aliphatic hydroxyl groups is 5. The van der Waals surface area contributed by atoms with Crippen LogP contribution in [0.3, 0.4) is 0 Å². The van der Waals surface area contributed by atoms with Crippen LogP contribution >= 0.6 is 0 Å². The molecule has 0 bridgehead atoms. The molecule has 9 nitrogen and oxygen atoms in total. The molecule has 9 heteroatoms. The Labute approximate surface area is 128 Å². The van der Waals surface area contributed by atoms with Crippen molar-refractivity contribution >= 4 is 0 Å². The van der Waals surface area contributed by atoms with Crippen molar-refractivity contribution in [2.75, 3.05) is 6.61 Å². The first-order valence-corrected chi connectivity index (χ1v) is 7.43. The molecule has 0 amide bonds. The molecule has 1 aliphatic carbocycles. The number of rotatable bonds is 3. The van der Waals surface area contributed by atoms with E-state index in [9.17, 15) is 20.4 Å². The van der Waals surface area contributed by atoms with E-state index < -0.39 is 61.6 Å². The predicted octanol–water partition coefficient (Wildman–Crippen LogP) is -3.77. The van der Waals surface area contributed by atoms with Gasteiger partial charge in [0.2, 0.25) is 0 Å². The Morgan fingerprint density at radius 3 is 2.27 bits per heavy atom. The van der Waals surface area contributed by atoms with Crippen molar-refractivity contribution in [2.45, 2.75) is 68.3 Å². The van der Waals surface area contributed by atoms with Crippen LogP contribution in [0.15, 0.2) is 0 Å². The Hall–Kier alpha value is -0.360. The third-order valence-corrected chi connectivity index (χ3v) is 4.56. The fourth-order valence-electron chi connectivity index (χ4n) is 3.05. The summed E-state index contributed by atoms with van der Waals surface area (Å²) in [5, 5.41) is 48.8. The molecule has 2 rings (SSSR count). The Kier molecular flexibility index (Phi) is 5.75. The maximum atomic E-state index is 10.1. The molecular formula is C13H26N2O7. The highest BCUT2D eigenvalue weighted by Gasteiger charge is 2.47. The van der Waals surface area contributed by atoms with Crippen LogP contribution in [-0.4, -0.2) is 87.1 Å². The second-order valence-electron chi connectivity index (χ2n) is 6.24. The lowest BCUT2D eigenvalue weighted by atomic mass is 9.80. The number of nitrogens with two attached hydrogens (primary N) is 2. The molecule has 2 aliphatic rings. The van der Waals surface area contributed by atoms with Crippen molar-refractivity contribution in [3.63, 3.8) is 0 Å². The van der Waals surface area contributed by atoms with Crippen LogP contribution in [0.4, 0.5) is 0 Å². The molecule has 1 saturated heterocycles. The Morgan fingerprint density at radius 1 is 1.05 bits per heavy atom. The van der Waals surface area contributed by atoms with E-state index in [1.165, 1.54) is 0 Å². The molecule has 0 aromatic carbocycles. The quantitative estimate of drug-likeness (QED) is 0.275. The maximum absolute atomic E-state index is 10.1. The molecule has 1 aliphatic heterocycles. The molecule has 9 N–H and O–H groups in total. The van der Waals surface area contributed by atoms with Gasteiger partial charge in [-0.15, -0.1) is 0 Å². The van der Waals surface area contributed by atoms with Crippen molar-refractivity contribution in [1.29, 1.82) is 0 Å². The van der Waals surface area contributed by atoms with E-state index in [4.69, 9.17) is 26.0 Å². The second-order valence-corrected chi connectivity index (χ2v) is 6.24. The third-order valence-electron chi connectivity index (χ3n) is 4.56. The fourth-order valence-corrected chi connectivity index (χ4v) is 3.05. The van der Waals surface area contributed by atoms with Gasteiger partial charge in [0.1, 0.15) is 30.5 Å². The minimum atomic E-state index is -1.35. The van der Waals surface area contributed by atoms with Crippen LogP contribution in [-0.2, 0) is 9.47 Å². The van der Waals surface area contributed by atoms with Crippen molar-refractivity contribution in [3.8, 4) is 0 Å². The normalized spacial score (nSPS) is 53.5. The van der Waals surface area contributed by atoms with Gasteiger partial charge in [-0.3, -0.25) is 0 Å². The van der Waals surface area contributed by atoms with E-state index in [2.05, 4.69) is 0 Å². The summed E-state index contributed by atoms with van der Waals surface area (Å²) in [6, 6.07) is -1.62. The summed E-state index contributed by atoms with van der Waals surface area (Å²) < 4.78 is 10.9. The zero-order valence-electron chi connectivity index (χ0n) is 12.4. The molecule has 4 unspecified atom stereocenters. The van der Waals surface area contributed by atoms with Gasteiger partial charge in [-0.05, 0) is 12.3 Å². The summed E-state index contributed by atoms with van der Waals surface area (Å²) >= 11 is 0. The number of hydrogen-bond acceptors (Lipinski definition) is 9. The average molecular weight is 322 g/mol. The van der Waals surface area contributed by atoms with Crippen molar-refractivity contribution in [3.05, 3.63) is 0 Å². The SMILES string of the molecule is C[C@@H]1CC(N)[C@@H](O[C@H]2OC(CO)[C@@H](O)[C@H](O)C2N)[C@H](O)C1O. The van der Waals surface area contributed by atoms with Gasteiger partial charge in [0.25, 0.3) is 0 Å². The van der Waals surface area contributed by atoms with E-state index >= 15 is 0 Å². The molecule has 0 aromatic heterocycles. The largest absolute Gasteiger partial charge is 0.394 e. The molecule has 1 saturated carbocycles. The van der Waals surface area contributed by atoms with Gasteiger partial charge in [0, 0.05) is 6.04 Å². The second kappa shape index (κ2) is 7.04. The Balaban J connectivity index is 2.08. The Morgan fingerprint density at radius 2 is 1.68 bits per heavy atom. The molecule has 1 heterocycles. The van der Waals surface area contributed by atoms with E-state index in [0.29, 0.717) is 6.42 Å². The lowest BCUT2D eigenvalue weighted by Gasteiger charge is -2.45. The van der Waals surface area contributed by atoms with Crippen LogP contribution in [0.2, 0.25) is 0 Å². The molecule has 0 spiro atoms. The van der Waals surface area contributed by atoms with Gasteiger partial charge in [-0.25, -0.2) is 0 Å². The molecule has 0 aromatic rings. The molecular weight excluding hydrogens is 296 g/mol. The minimum absolute atomic E-state index is 0.177. The highest BCUT2D eigenvalue weighted by molar-refractivity contribution is 4.97. The highest BCUT2D eigenvalue weighted by atomic mass is 16.7. The van der Waals surface area contributed by atoms with E-state index in [1.54, 1.807) is 6.92 Å². The number of hydrogen-bond donors (Lipinski definition) is 7. The zero-order valence-corrected chi connectivity index (χ0v) is 12.4. The van der Waals surface area contributed by atoms with Crippen LogP contribution in [0.25, 0.3) is 0 Å². The summed E-state index contributed by atoms with van der Waals surface area (Å²) in [6.45, 7) is 1.25. The smallest absolute Gasteiger partial charge is 0.176 e. The predicted molar refractivity (Wildman–Crippen MR) is 74.4 cm³/mol. The zero-order chi connectivity index (χ0) is 16.6. The number of aliphatic hydroxyl groups excluding tert-OH is 5. The Bertz CT molecular complexity index is 372. The third kappa shape index (κ3) is 3.28. The molecule has 22 heavy (non-hydrogen) atoms. The van der Waals surface area contributed by atoms with E-state index in [1.807, 2.05) is 0 Å². The summed E-state index contributed by atoms with van der Waals surface area (Å²) in [7, 11) is 0. The average Bonchev–Trinajstić information content (AvgIpc) is 2.49. The van der Waals surface area contributed by atoms with Gasteiger partial charge in [-0.1, -0.05) is 6.92 Å². The van der Waals surface area contributed by atoms with Crippen LogP contribution in [0.5, 0.6) is 0 Å². The summed E-state index contributed by atoms with van der Waals surface area (Å²) in [6.07, 6.45) is -7.60. The van der Waals surface area contributed by atoms with Gasteiger partial charge in [-0.2, -0.15) is 0 Å². The van der Waals surface area contributed by atoms with Crippen LogP contribution in [0.1, 0.15) is 13.3 Å². The molecule has 0 radical (unpaired) electrons. The van der Waals surface area contributed by atoms with Gasteiger partial charge in [0.15, 0.2) is 6.29 Å². The van der Waals surface area contributed by atoms with Crippen LogP contribution in [0, 0.1) is 5.92 Å². The molecule has 10 atom stereocenters. The van der Waals surface area contributed by atoms with Crippen molar-refractivity contribution in [1.82, 2.24) is 0 Å². The van der Waals surface area contributed by atoms with Crippen molar-refractivity contribution < 1.29 is 35.0 Å². The standard InChI is InChI=1S/C13H26N2O7/c1-4-2-5(14)12(11(20)8(4)17)22-13-7(15)10(19)9(18)6(3-16)21-13/h4-13,16-20H,2-3,14-15H2,1H3/t4-,5?,6?,7?,8?,9-,10-,11-,12-,13-/m1/s1. The monoisotopic (exact) mass is 322 g/mol. The van der Waals surface area contributed by atoms with Crippen molar-refractivity contribution in [2.24, 2.45) is 17.4 Å². The van der Waals surface area contributed by atoms with E-state index in [-0.39, 0.29) is 5.92 Å². The summed E-state index contributed by atoms with van der Waals surface area (Å²) in [4.78, 5) is 0. The lowest BCUT2D eigenvalue weighted by Crippen LogP contribution is -2.65. The minimum Gasteiger partial charge on any atom is -0.394 e. The summed E-state index contributed by atoms with van der Waals surface area (Å²) in [5.41, 5.74) is 11.7. The van der Waals surface area contributed by atoms with Gasteiger partial charge < -0.3 is 46.5 Å². The topological polar surface area (TPSA) is 172 Å².